The lowest BCUT2D eigenvalue weighted by atomic mass is 10.1. The summed E-state index contributed by atoms with van der Waals surface area (Å²) in [5.74, 6) is 0. The summed E-state index contributed by atoms with van der Waals surface area (Å²) >= 11 is 2.58. The Kier molecular flexibility index (Phi) is 4.13. The van der Waals surface area contributed by atoms with Crippen LogP contribution in [0.25, 0.3) is 0 Å². The quantitative estimate of drug-likeness (QED) is 0.549. The van der Waals surface area contributed by atoms with Gasteiger partial charge in [-0.25, -0.2) is 0 Å². The molecule has 1 aliphatic heterocycles. The van der Waals surface area contributed by atoms with Crippen LogP contribution in [0, 0.1) is 0 Å². The fourth-order valence-electron chi connectivity index (χ4n) is 1.57. The summed E-state index contributed by atoms with van der Waals surface area (Å²) in [7, 11) is 0. The molecular formula is C9H18IN. The van der Waals surface area contributed by atoms with Crippen molar-refractivity contribution < 1.29 is 0 Å². The van der Waals surface area contributed by atoms with Crippen LogP contribution in [0.5, 0.6) is 0 Å². The second kappa shape index (κ2) is 4.65. The normalized spacial score (nSPS) is 25.4. The van der Waals surface area contributed by atoms with Gasteiger partial charge in [-0.3, -0.25) is 0 Å². The van der Waals surface area contributed by atoms with E-state index in [4.69, 9.17) is 0 Å². The zero-order chi connectivity index (χ0) is 8.27. The van der Waals surface area contributed by atoms with Gasteiger partial charge in [0, 0.05) is 9.97 Å². The summed E-state index contributed by atoms with van der Waals surface area (Å²) in [6.45, 7) is 7.26. The highest BCUT2D eigenvalue weighted by Crippen LogP contribution is 2.20. The topological polar surface area (TPSA) is 3.24 Å². The minimum absolute atomic E-state index is 0.805. The molecule has 1 heterocycles. The molecule has 11 heavy (non-hydrogen) atoms. The Labute approximate surface area is 83.7 Å². The highest BCUT2D eigenvalue weighted by atomic mass is 127. The van der Waals surface area contributed by atoms with E-state index >= 15 is 0 Å². The monoisotopic (exact) mass is 267 g/mol. The van der Waals surface area contributed by atoms with Crippen LogP contribution in [-0.2, 0) is 0 Å². The molecule has 0 spiro atoms. The van der Waals surface area contributed by atoms with Crippen molar-refractivity contribution in [2.75, 3.05) is 13.1 Å². The average Bonchev–Trinajstić information content (AvgIpc) is 2.05. The first kappa shape index (κ1) is 9.78. The second-order valence-corrected chi connectivity index (χ2v) is 5.23. The molecule has 1 saturated heterocycles. The van der Waals surface area contributed by atoms with Gasteiger partial charge in [-0.1, -0.05) is 29.5 Å². The van der Waals surface area contributed by atoms with Gasteiger partial charge in [0.1, 0.15) is 0 Å². The molecule has 0 radical (unpaired) electrons. The lowest BCUT2D eigenvalue weighted by Crippen LogP contribution is -2.39. The molecule has 1 nitrogen and oxygen atoms in total. The number of alkyl halides is 1. The predicted octanol–water partition coefficient (Wildman–Crippen LogP) is 2.68. The third-order valence-electron chi connectivity index (χ3n) is 2.67. The lowest BCUT2D eigenvalue weighted by Gasteiger charge is -2.33. The third kappa shape index (κ3) is 2.90. The van der Waals surface area contributed by atoms with Gasteiger partial charge in [-0.05, 0) is 39.3 Å². The Hall–Kier alpha value is 0.690. The summed E-state index contributed by atoms with van der Waals surface area (Å²) < 4.78 is 0.938. The van der Waals surface area contributed by atoms with Gasteiger partial charge in [0.25, 0.3) is 0 Å². The zero-order valence-electron chi connectivity index (χ0n) is 7.52. The first-order chi connectivity index (χ1) is 5.24. The Morgan fingerprint density at radius 1 is 1.45 bits per heavy atom. The van der Waals surface area contributed by atoms with E-state index in [-0.39, 0.29) is 0 Å². The van der Waals surface area contributed by atoms with Gasteiger partial charge in [-0.15, -0.1) is 0 Å². The molecule has 1 unspecified atom stereocenters. The zero-order valence-corrected chi connectivity index (χ0v) is 9.67. The number of likely N-dealkylation sites (tertiary alicyclic amines) is 1. The molecule has 1 atom stereocenters. The van der Waals surface area contributed by atoms with E-state index < -0.39 is 0 Å². The molecule has 0 saturated carbocycles. The van der Waals surface area contributed by atoms with Crippen LogP contribution in [0.15, 0.2) is 0 Å². The molecule has 0 N–H and O–H groups in total. The Bertz CT molecular complexity index is 108. The van der Waals surface area contributed by atoms with Gasteiger partial charge in [0.05, 0.1) is 0 Å². The van der Waals surface area contributed by atoms with Crippen molar-refractivity contribution in [1.29, 1.82) is 0 Å². The van der Waals surface area contributed by atoms with Crippen LogP contribution in [0.1, 0.15) is 33.1 Å². The fourth-order valence-corrected chi connectivity index (χ4v) is 2.12. The van der Waals surface area contributed by atoms with Crippen molar-refractivity contribution in [3.63, 3.8) is 0 Å². The van der Waals surface area contributed by atoms with Crippen molar-refractivity contribution >= 4 is 22.6 Å². The van der Waals surface area contributed by atoms with Gasteiger partial charge in [-0.2, -0.15) is 0 Å². The number of halogens is 1. The lowest BCUT2D eigenvalue weighted by molar-refractivity contribution is 0.175. The standard InChI is InChI=1S/C9H18IN/c1-3-8(2)11-6-4-9(10)5-7-11/h8-9H,3-7H2,1-2H3. The van der Waals surface area contributed by atoms with E-state index in [1.807, 2.05) is 0 Å². The molecule has 1 aliphatic rings. The summed E-state index contributed by atoms with van der Waals surface area (Å²) in [6.07, 6.45) is 4.09. The molecule has 0 amide bonds. The van der Waals surface area contributed by atoms with Crippen molar-refractivity contribution in [3.8, 4) is 0 Å². The average molecular weight is 267 g/mol. The van der Waals surface area contributed by atoms with E-state index in [0.29, 0.717) is 0 Å². The number of hydrogen-bond acceptors (Lipinski definition) is 1. The molecular weight excluding hydrogens is 249 g/mol. The Morgan fingerprint density at radius 2 is 2.00 bits per heavy atom. The summed E-state index contributed by atoms with van der Waals surface area (Å²) in [6, 6.07) is 0.805. The maximum Gasteiger partial charge on any atom is 0.0134 e. The summed E-state index contributed by atoms with van der Waals surface area (Å²) in [5.41, 5.74) is 0. The van der Waals surface area contributed by atoms with Gasteiger partial charge >= 0.3 is 0 Å². The van der Waals surface area contributed by atoms with E-state index in [2.05, 4.69) is 41.3 Å². The van der Waals surface area contributed by atoms with Gasteiger partial charge < -0.3 is 4.90 Å². The largest absolute Gasteiger partial charge is 0.301 e. The molecule has 1 fully saturated rings. The minimum atomic E-state index is 0.805. The van der Waals surface area contributed by atoms with Crippen LogP contribution in [-0.4, -0.2) is 28.0 Å². The maximum absolute atomic E-state index is 2.62. The van der Waals surface area contributed by atoms with Crippen LogP contribution < -0.4 is 0 Å². The van der Waals surface area contributed by atoms with Gasteiger partial charge in [0.2, 0.25) is 0 Å². The number of nitrogens with zero attached hydrogens (tertiary/aromatic N) is 1. The molecule has 2 heteroatoms. The first-order valence-electron chi connectivity index (χ1n) is 4.62. The van der Waals surface area contributed by atoms with E-state index in [1.165, 1.54) is 32.4 Å². The predicted molar refractivity (Wildman–Crippen MR) is 58.4 cm³/mol. The van der Waals surface area contributed by atoms with Crippen molar-refractivity contribution in [2.45, 2.75) is 43.1 Å². The SMILES string of the molecule is CCC(C)N1CCC(I)CC1. The molecule has 0 bridgehead atoms. The smallest absolute Gasteiger partial charge is 0.0134 e. The van der Waals surface area contributed by atoms with Crippen LogP contribution in [0.3, 0.4) is 0 Å². The van der Waals surface area contributed by atoms with Crippen LogP contribution >= 0.6 is 22.6 Å². The number of rotatable bonds is 2. The summed E-state index contributed by atoms with van der Waals surface area (Å²) in [4.78, 5) is 2.62. The van der Waals surface area contributed by atoms with Crippen molar-refractivity contribution in [1.82, 2.24) is 4.90 Å². The molecule has 0 aromatic heterocycles. The van der Waals surface area contributed by atoms with Crippen LogP contribution in [0.4, 0.5) is 0 Å². The highest BCUT2D eigenvalue weighted by molar-refractivity contribution is 14.1. The molecule has 0 aromatic rings. The Morgan fingerprint density at radius 3 is 2.45 bits per heavy atom. The van der Waals surface area contributed by atoms with Crippen LogP contribution in [0.2, 0.25) is 0 Å². The van der Waals surface area contributed by atoms with Gasteiger partial charge in [0.15, 0.2) is 0 Å². The van der Waals surface area contributed by atoms with E-state index in [0.717, 1.165) is 9.97 Å². The highest BCUT2D eigenvalue weighted by Gasteiger charge is 2.19. The molecule has 0 aromatic carbocycles. The maximum atomic E-state index is 2.62. The number of hydrogen-bond donors (Lipinski definition) is 0. The van der Waals surface area contributed by atoms with E-state index in [1.54, 1.807) is 0 Å². The first-order valence-corrected chi connectivity index (χ1v) is 5.86. The Balaban J connectivity index is 2.27. The molecule has 66 valence electrons. The fraction of sp³-hybridized carbons (Fsp3) is 1.00. The minimum Gasteiger partial charge on any atom is -0.301 e. The van der Waals surface area contributed by atoms with Crippen molar-refractivity contribution in [2.24, 2.45) is 0 Å². The second-order valence-electron chi connectivity index (χ2n) is 3.47. The number of piperidine rings is 1. The third-order valence-corrected chi connectivity index (χ3v) is 3.92. The van der Waals surface area contributed by atoms with Crippen molar-refractivity contribution in [3.05, 3.63) is 0 Å². The summed E-state index contributed by atoms with van der Waals surface area (Å²) in [5, 5.41) is 0. The van der Waals surface area contributed by atoms with E-state index in [9.17, 15) is 0 Å². The molecule has 0 aliphatic carbocycles. The molecule has 1 rings (SSSR count).